The van der Waals surface area contributed by atoms with Crippen LogP contribution in [0.15, 0.2) is 42.5 Å². The lowest BCUT2D eigenvalue weighted by Gasteiger charge is -2.34. The molecule has 3 rings (SSSR count). The minimum absolute atomic E-state index is 0.0305. The van der Waals surface area contributed by atoms with Crippen LogP contribution in [0.1, 0.15) is 51.0 Å². The third-order valence-electron chi connectivity index (χ3n) is 6.52. The van der Waals surface area contributed by atoms with Gasteiger partial charge in [0, 0.05) is 28.2 Å². The molecule has 7 nitrogen and oxygen atoms in total. The zero-order valence-corrected chi connectivity index (χ0v) is 23.3. The summed E-state index contributed by atoms with van der Waals surface area (Å²) >= 11 is 12.8. The number of rotatable bonds is 10. The van der Waals surface area contributed by atoms with E-state index in [9.17, 15) is 22.4 Å². The van der Waals surface area contributed by atoms with Crippen molar-refractivity contribution in [1.82, 2.24) is 10.2 Å². The number of hydrogen-bond donors (Lipinski definition) is 1. The van der Waals surface area contributed by atoms with Crippen LogP contribution < -0.4 is 9.62 Å². The van der Waals surface area contributed by atoms with Crippen molar-refractivity contribution in [3.05, 3.63) is 63.9 Å². The molecule has 0 unspecified atom stereocenters. The second kappa shape index (κ2) is 12.9. The quantitative estimate of drug-likeness (QED) is 0.427. The fourth-order valence-electron chi connectivity index (χ4n) is 4.54. The molecule has 0 radical (unpaired) electrons. The second-order valence-electron chi connectivity index (χ2n) is 9.24. The third-order valence-corrected chi connectivity index (χ3v) is 8.37. The summed E-state index contributed by atoms with van der Waals surface area (Å²) in [6.07, 6.45) is 6.19. The molecule has 2 aromatic carbocycles. The Kier molecular flexibility index (Phi) is 10.2. The topological polar surface area (TPSA) is 86.8 Å². The summed E-state index contributed by atoms with van der Waals surface area (Å²) in [7, 11) is -3.91. The molecule has 1 N–H and O–H groups in total. The van der Waals surface area contributed by atoms with E-state index >= 15 is 0 Å². The van der Waals surface area contributed by atoms with Crippen LogP contribution in [-0.2, 0) is 26.2 Å². The van der Waals surface area contributed by atoms with Gasteiger partial charge >= 0.3 is 0 Å². The summed E-state index contributed by atoms with van der Waals surface area (Å²) < 4.78 is 39.6. The summed E-state index contributed by atoms with van der Waals surface area (Å²) in [5.74, 6) is -1.46. The Bertz CT molecular complexity index is 1180. The van der Waals surface area contributed by atoms with Gasteiger partial charge in [0.25, 0.3) is 0 Å². The Hall–Kier alpha value is -2.36. The van der Waals surface area contributed by atoms with Crippen molar-refractivity contribution in [2.75, 3.05) is 17.1 Å². The van der Waals surface area contributed by atoms with Crippen molar-refractivity contribution in [2.45, 2.75) is 64.1 Å². The number of hydrogen-bond acceptors (Lipinski definition) is 4. The molecule has 0 spiro atoms. The van der Waals surface area contributed by atoms with Gasteiger partial charge in [-0.25, -0.2) is 12.8 Å². The first-order chi connectivity index (χ1) is 17.5. The molecule has 1 atom stereocenters. The SMILES string of the molecule is CC[C@@H](C(=O)NC1CCCCC1)N(Cc1c(Cl)cccc1Cl)C(=O)CN(c1ccc(F)cc1)S(C)(=O)=O. The van der Waals surface area contributed by atoms with Crippen LogP contribution in [0.2, 0.25) is 10.0 Å². The van der Waals surface area contributed by atoms with Crippen molar-refractivity contribution in [3.8, 4) is 0 Å². The first kappa shape index (κ1) is 29.2. The maximum atomic E-state index is 13.7. The van der Waals surface area contributed by atoms with Crippen LogP contribution in [0.4, 0.5) is 10.1 Å². The highest BCUT2D eigenvalue weighted by molar-refractivity contribution is 7.92. The van der Waals surface area contributed by atoms with Gasteiger partial charge in [0.1, 0.15) is 18.4 Å². The molecule has 0 saturated heterocycles. The monoisotopic (exact) mass is 571 g/mol. The lowest BCUT2D eigenvalue weighted by Crippen LogP contribution is -2.54. The maximum Gasteiger partial charge on any atom is 0.244 e. The van der Waals surface area contributed by atoms with Gasteiger partial charge in [-0.2, -0.15) is 0 Å². The van der Waals surface area contributed by atoms with Crippen LogP contribution in [0.5, 0.6) is 0 Å². The predicted molar refractivity (Wildman–Crippen MR) is 145 cm³/mol. The molecule has 0 aromatic heterocycles. The van der Waals surface area contributed by atoms with Gasteiger partial charge in [0.15, 0.2) is 0 Å². The molecule has 202 valence electrons. The van der Waals surface area contributed by atoms with E-state index in [0.29, 0.717) is 22.0 Å². The molecular weight excluding hydrogens is 540 g/mol. The summed E-state index contributed by atoms with van der Waals surface area (Å²) in [4.78, 5) is 28.5. The summed E-state index contributed by atoms with van der Waals surface area (Å²) in [6.45, 7) is 1.11. The van der Waals surface area contributed by atoms with Crippen molar-refractivity contribution in [1.29, 1.82) is 0 Å². The Morgan fingerprint density at radius 1 is 1.05 bits per heavy atom. The van der Waals surface area contributed by atoms with E-state index in [1.165, 1.54) is 17.0 Å². The molecule has 2 aromatic rings. The fraction of sp³-hybridized carbons (Fsp3) is 0.462. The Balaban J connectivity index is 1.95. The van der Waals surface area contributed by atoms with E-state index < -0.39 is 34.3 Å². The van der Waals surface area contributed by atoms with E-state index in [-0.39, 0.29) is 24.2 Å². The zero-order valence-electron chi connectivity index (χ0n) is 20.9. The molecule has 1 aliphatic carbocycles. The second-order valence-corrected chi connectivity index (χ2v) is 12.0. The molecule has 11 heteroatoms. The highest BCUT2D eigenvalue weighted by atomic mass is 35.5. The molecule has 37 heavy (non-hydrogen) atoms. The van der Waals surface area contributed by atoms with Gasteiger partial charge in [0.2, 0.25) is 21.8 Å². The Labute approximate surface area is 228 Å². The molecule has 1 saturated carbocycles. The van der Waals surface area contributed by atoms with Crippen LogP contribution in [0.25, 0.3) is 0 Å². The number of nitrogens with one attached hydrogen (secondary N) is 1. The highest BCUT2D eigenvalue weighted by Crippen LogP contribution is 2.28. The first-order valence-corrected chi connectivity index (χ1v) is 14.9. The first-order valence-electron chi connectivity index (χ1n) is 12.3. The van der Waals surface area contributed by atoms with Gasteiger partial charge in [-0.3, -0.25) is 13.9 Å². The van der Waals surface area contributed by atoms with Gasteiger partial charge in [-0.15, -0.1) is 0 Å². The molecule has 1 aliphatic rings. The van der Waals surface area contributed by atoms with Gasteiger partial charge < -0.3 is 10.2 Å². The average molecular weight is 573 g/mol. The van der Waals surface area contributed by atoms with Crippen LogP contribution in [0.3, 0.4) is 0 Å². The lowest BCUT2D eigenvalue weighted by atomic mass is 9.95. The fourth-order valence-corrected chi connectivity index (χ4v) is 5.91. The lowest BCUT2D eigenvalue weighted by molar-refractivity contribution is -0.140. The van der Waals surface area contributed by atoms with Crippen molar-refractivity contribution in [3.63, 3.8) is 0 Å². The number of carbonyl (C=O) groups is 2. The van der Waals surface area contributed by atoms with E-state index in [4.69, 9.17) is 23.2 Å². The van der Waals surface area contributed by atoms with Gasteiger partial charge in [-0.1, -0.05) is 55.5 Å². The van der Waals surface area contributed by atoms with Gasteiger partial charge in [-0.05, 0) is 55.7 Å². The number of benzene rings is 2. The molecule has 0 aliphatic heterocycles. The van der Waals surface area contributed by atoms with Crippen molar-refractivity contribution >= 4 is 50.7 Å². The number of amides is 2. The average Bonchev–Trinajstić information content (AvgIpc) is 2.84. The number of nitrogens with zero attached hydrogens (tertiary/aromatic N) is 2. The smallest absolute Gasteiger partial charge is 0.244 e. The number of anilines is 1. The zero-order chi connectivity index (χ0) is 27.2. The Morgan fingerprint density at radius 3 is 2.19 bits per heavy atom. The van der Waals surface area contributed by atoms with E-state index in [1.807, 2.05) is 0 Å². The van der Waals surface area contributed by atoms with Crippen molar-refractivity contribution < 1.29 is 22.4 Å². The number of sulfonamides is 1. The van der Waals surface area contributed by atoms with Crippen LogP contribution in [0, 0.1) is 5.82 Å². The minimum atomic E-state index is -3.91. The number of halogens is 3. The predicted octanol–water partition coefficient (Wildman–Crippen LogP) is 5.15. The summed E-state index contributed by atoms with van der Waals surface area (Å²) in [5.41, 5.74) is 0.587. The van der Waals surface area contributed by atoms with Crippen LogP contribution >= 0.6 is 23.2 Å². The highest BCUT2D eigenvalue weighted by Gasteiger charge is 2.33. The van der Waals surface area contributed by atoms with Crippen LogP contribution in [-0.4, -0.2) is 50.0 Å². The third kappa shape index (κ3) is 7.82. The largest absolute Gasteiger partial charge is 0.352 e. The molecular formula is C26H32Cl2FN3O4S. The van der Waals surface area contributed by atoms with E-state index in [1.54, 1.807) is 25.1 Å². The normalized spacial score (nSPS) is 15.2. The van der Waals surface area contributed by atoms with Gasteiger partial charge in [0.05, 0.1) is 11.9 Å². The molecule has 1 fully saturated rings. The van der Waals surface area contributed by atoms with Crippen molar-refractivity contribution in [2.24, 2.45) is 0 Å². The maximum absolute atomic E-state index is 13.7. The minimum Gasteiger partial charge on any atom is -0.352 e. The molecule has 0 bridgehead atoms. The Morgan fingerprint density at radius 2 is 1.65 bits per heavy atom. The molecule has 2 amide bonds. The summed E-state index contributed by atoms with van der Waals surface area (Å²) in [5, 5.41) is 3.72. The summed E-state index contributed by atoms with van der Waals surface area (Å²) in [6, 6.07) is 8.90. The van der Waals surface area contributed by atoms with E-state index in [2.05, 4.69) is 5.32 Å². The van der Waals surface area contributed by atoms with E-state index in [0.717, 1.165) is 54.8 Å². The standard InChI is InChI=1S/C26H32Cl2FN3O4S/c1-3-24(26(34)30-19-8-5-4-6-9-19)31(16-21-22(27)10-7-11-23(21)28)25(33)17-32(37(2,35)36)20-14-12-18(29)13-15-20/h7,10-15,19,24H,3-6,8-9,16-17H2,1-2H3,(H,30,34)/t24-/m0/s1. The molecule has 0 heterocycles. The number of carbonyl (C=O) groups excluding carboxylic acids is 2.